The summed E-state index contributed by atoms with van der Waals surface area (Å²) in [6.45, 7) is 2.57. The summed E-state index contributed by atoms with van der Waals surface area (Å²) in [5.74, 6) is 0.540. The third-order valence-corrected chi connectivity index (χ3v) is 2.83. The van der Waals surface area contributed by atoms with Crippen LogP contribution in [0.4, 0.5) is 0 Å². The molecule has 15 heavy (non-hydrogen) atoms. The Bertz CT molecular complexity index is 346. The van der Waals surface area contributed by atoms with Crippen LogP contribution in [0.2, 0.25) is 0 Å². The maximum atomic E-state index is 5.68. The van der Waals surface area contributed by atoms with Crippen molar-refractivity contribution in [2.45, 2.75) is 32.4 Å². The first-order valence-electron chi connectivity index (χ1n) is 4.71. The van der Waals surface area contributed by atoms with Gasteiger partial charge in [0.05, 0.1) is 17.2 Å². The van der Waals surface area contributed by atoms with Gasteiger partial charge in [-0.05, 0) is 19.8 Å². The molecule has 0 saturated heterocycles. The number of hydrogen-bond donors (Lipinski definition) is 2. The second-order valence-electron chi connectivity index (χ2n) is 3.48. The molecule has 3 N–H and O–H groups in total. The topological polar surface area (TPSA) is 63.3 Å². The number of aryl methyl sites for hydroxylation is 1. The molecule has 6 heteroatoms. The molecule has 1 saturated carbocycles. The summed E-state index contributed by atoms with van der Waals surface area (Å²) >= 11 is 1.64. The van der Waals surface area contributed by atoms with Crippen molar-refractivity contribution < 1.29 is 0 Å². The van der Waals surface area contributed by atoms with Crippen molar-refractivity contribution in [3.63, 3.8) is 0 Å². The first-order valence-corrected chi connectivity index (χ1v) is 5.59. The van der Waals surface area contributed by atoms with Crippen LogP contribution in [-0.2, 0) is 6.54 Å². The first-order chi connectivity index (χ1) is 6.74. The number of nitrogens with one attached hydrogen (secondary N) is 1. The molecule has 0 radical (unpaired) electrons. The van der Waals surface area contributed by atoms with Gasteiger partial charge in [-0.1, -0.05) is 0 Å². The Morgan fingerprint density at radius 1 is 1.73 bits per heavy atom. The van der Waals surface area contributed by atoms with Crippen molar-refractivity contribution >= 4 is 41.3 Å². The lowest BCUT2D eigenvalue weighted by Gasteiger charge is -2.01. The van der Waals surface area contributed by atoms with Crippen LogP contribution < -0.4 is 11.1 Å². The summed E-state index contributed by atoms with van der Waals surface area (Å²) in [6, 6.07) is 0.566. The van der Waals surface area contributed by atoms with E-state index in [1.807, 2.05) is 12.3 Å². The number of hydrogen-bond acceptors (Lipinski definition) is 3. The van der Waals surface area contributed by atoms with Gasteiger partial charge in [-0.15, -0.1) is 35.3 Å². The lowest BCUT2D eigenvalue weighted by Crippen LogP contribution is -2.33. The zero-order valence-electron chi connectivity index (χ0n) is 8.56. The van der Waals surface area contributed by atoms with Crippen LogP contribution in [0.1, 0.15) is 23.5 Å². The van der Waals surface area contributed by atoms with Gasteiger partial charge < -0.3 is 11.1 Å². The SMILES string of the molecule is Cc1nc(CN=C(N)NC2CC2)cs1.I. The second-order valence-corrected chi connectivity index (χ2v) is 4.54. The molecule has 0 spiro atoms. The number of halogens is 1. The lowest BCUT2D eigenvalue weighted by molar-refractivity contribution is 0.873. The number of aliphatic imine (C=N–C) groups is 1. The maximum absolute atomic E-state index is 5.68. The molecule has 1 aliphatic rings. The van der Waals surface area contributed by atoms with E-state index in [1.165, 1.54) is 12.8 Å². The van der Waals surface area contributed by atoms with Crippen molar-refractivity contribution in [2.75, 3.05) is 0 Å². The highest BCUT2D eigenvalue weighted by Gasteiger charge is 2.21. The van der Waals surface area contributed by atoms with Crippen LogP contribution in [-0.4, -0.2) is 17.0 Å². The average molecular weight is 338 g/mol. The van der Waals surface area contributed by atoms with E-state index in [2.05, 4.69) is 15.3 Å². The van der Waals surface area contributed by atoms with Gasteiger partial charge in [-0.25, -0.2) is 9.98 Å². The minimum atomic E-state index is 0. The van der Waals surface area contributed by atoms with Crippen LogP contribution in [0.3, 0.4) is 0 Å². The van der Waals surface area contributed by atoms with Crippen LogP contribution in [0.15, 0.2) is 10.4 Å². The summed E-state index contributed by atoms with van der Waals surface area (Å²) in [6.07, 6.45) is 2.43. The van der Waals surface area contributed by atoms with E-state index in [-0.39, 0.29) is 24.0 Å². The largest absolute Gasteiger partial charge is 0.370 e. The molecular formula is C9H15IN4S. The molecule has 1 aromatic heterocycles. The van der Waals surface area contributed by atoms with Crippen molar-refractivity contribution in [2.24, 2.45) is 10.7 Å². The van der Waals surface area contributed by atoms with Gasteiger partial charge in [0.1, 0.15) is 0 Å². The average Bonchev–Trinajstić information content (AvgIpc) is 2.85. The Hall–Kier alpha value is -0.370. The lowest BCUT2D eigenvalue weighted by atomic mass is 10.5. The zero-order valence-corrected chi connectivity index (χ0v) is 11.7. The Morgan fingerprint density at radius 2 is 2.47 bits per heavy atom. The highest BCUT2D eigenvalue weighted by molar-refractivity contribution is 14.0. The zero-order chi connectivity index (χ0) is 9.97. The summed E-state index contributed by atoms with van der Waals surface area (Å²) in [4.78, 5) is 8.52. The van der Waals surface area contributed by atoms with E-state index in [0.717, 1.165) is 10.7 Å². The number of aromatic nitrogens is 1. The van der Waals surface area contributed by atoms with Crippen molar-refractivity contribution in [1.29, 1.82) is 0 Å². The molecule has 2 rings (SSSR count). The molecule has 1 aliphatic carbocycles. The predicted molar refractivity (Wildman–Crippen MR) is 73.8 cm³/mol. The highest BCUT2D eigenvalue weighted by atomic mass is 127. The van der Waals surface area contributed by atoms with Crippen LogP contribution in [0, 0.1) is 6.92 Å². The standard InChI is InChI=1S/C9H14N4S.HI/c1-6-12-8(5-14-6)4-11-9(10)13-7-2-3-7;/h5,7H,2-4H2,1H3,(H3,10,11,13);1H. The number of rotatable bonds is 3. The normalized spacial score (nSPS) is 15.9. The van der Waals surface area contributed by atoms with Crippen LogP contribution in [0.5, 0.6) is 0 Å². The Balaban J connectivity index is 0.00000112. The van der Waals surface area contributed by atoms with E-state index >= 15 is 0 Å². The molecule has 0 aromatic carbocycles. The van der Waals surface area contributed by atoms with Crippen LogP contribution >= 0.6 is 35.3 Å². The van der Waals surface area contributed by atoms with E-state index in [0.29, 0.717) is 18.5 Å². The predicted octanol–water partition coefficient (Wildman–Crippen LogP) is 1.64. The number of thiazole rings is 1. The fourth-order valence-corrected chi connectivity index (χ4v) is 1.73. The van der Waals surface area contributed by atoms with E-state index in [1.54, 1.807) is 11.3 Å². The molecule has 0 atom stereocenters. The molecule has 1 heterocycles. The summed E-state index contributed by atoms with van der Waals surface area (Å²) in [5.41, 5.74) is 6.68. The van der Waals surface area contributed by atoms with Crippen molar-refractivity contribution in [3.8, 4) is 0 Å². The summed E-state index contributed by atoms with van der Waals surface area (Å²) < 4.78 is 0. The molecule has 0 bridgehead atoms. The maximum Gasteiger partial charge on any atom is 0.189 e. The first kappa shape index (κ1) is 12.7. The molecule has 0 aliphatic heterocycles. The molecule has 4 nitrogen and oxygen atoms in total. The van der Waals surface area contributed by atoms with Gasteiger partial charge in [0.15, 0.2) is 5.96 Å². The van der Waals surface area contributed by atoms with E-state index in [4.69, 9.17) is 5.73 Å². The van der Waals surface area contributed by atoms with Gasteiger partial charge >= 0.3 is 0 Å². The Kier molecular flexibility index (Phi) is 4.78. The third-order valence-electron chi connectivity index (χ3n) is 2.01. The fraction of sp³-hybridized carbons (Fsp3) is 0.556. The van der Waals surface area contributed by atoms with Gasteiger partial charge in [-0.3, -0.25) is 0 Å². The molecule has 0 unspecified atom stereocenters. The number of guanidine groups is 1. The van der Waals surface area contributed by atoms with Crippen molar-refractivity contribution in [3.05, 3.63) is 16.1 Å². The Morgan fingerprint density at radius 3 is 3.00 bits per heavy atom. The van der Waals surface area contributed by atoms with Gasteiger partial charge in [-0.2, -0.15) is 0 Å². The minimum Gasteiger partial charge on any atom is -0.370 e. The second kappa shape index (κ2) is 5.64. The number of nitrogens with two attached hydrogens (primary N) is 1. The van der Waals surface area contributed by atoms with E-state index < -0.39 is 0 Å². The van der Waals surface area contributed by atoms with Crippen LogP contribution in [0.25, 0.3) is 0 Å². The summed E-state index contributed by atoms with van der Waals surface area (Å²) in [5, 5.41) is 6.22. The van der Waals surface area contributed by atoms with Gasteiger partial charge in [0.2, 0.25) is 0 Å². The van der Waals surface area contributed by atoms with Gasteiger partial charge in [0.25, 0.3) is 0 Å². The highest BCUT2D eigenvalue weighted by Crippen LogP contribution is 2.18. The molecule has 0 amide bonds. The molecule has 1 aromatic rings. The quantitative estimate of drug-likeness (QED) is 0.500. The smallest absolute Gasteiger partial charge is 0.189 e. The van der Waals surface area contributed by atoms with Crippen molar-refractivity contribution in [1.82, 2.24) is 10.3 Å². The number of nitrogens with zero attached hydrogens (tertiary/aromatic N) is 2. The Labute approximate surface area is 110 Å². The minimum absolute atomic E-state index is 0. The monoisotopic (exact) mass is 338 g/mol. The third kappa shape index (κ3) is 4.33. The molecule has 84 valence electrons. The molecular weight excluding hydrogens is 323 g/mol. The molecule has 1 fully saturated rings. The summed E-state index contributed by atoms with van der Waals surface area (Å²) in [7, 11) is 0. The fourth-order valence-electron chi connectivity index (χ4n) is 1.13. The van der Waals surface area contributed by atoms with Gasteiger partial charge in [0, 0.05) is 11.4 Å². The van der Waals surface area contributed by atoms with E-state index in [9.17, 15) is 0 Å².